The molecule has 0 aliphatic rings. The number of nitrogens with zero attached hydrogens (tertiary/aromatic N) is 4. The number of thioether (sulfide) groups is 1. The maximum absolute atomic E-state index is 3.86. The first-order chi connectivity index (χ1) is 5.74. The van der Waals surface area contributed by atoms with Gasteiger partial charge in [-0.3, -0.25) is 0 Å². The van der Waals surface area contributed by atoms with E-state index < -0.39 is 0 Å². The van der Waals surface area contributed by atoms with Crippen LogP contribution in [-0.4, -0.2) is 39.0 Å². The number of rotatable bonds is 4. The number of aryl methyl sites for hydroxylation is 1. The van der Waals surface area contributed by atoms with Crippen molar-refractivity contribution in [2.75, 3.05) is 12.8 Å². The van der Waals surface area contributed by atoms with E-state index in [2.05, 4.69) is 27.8 Å². The molecular formula is C6H13N5S. The lowest BCUT2D eigenvalue weighted by atomic mass is 10.4. The van der Waals surface area contributed by atoms with Gasteiger partial charge in [0.2, 0.25) is 5.16 Å². The highest BCUT2D eigenvalue weighted by Crippen LogP contribution is 2.12. The Balaban J connectivity index is 2.38. The molecule has 1 rings (SSSR count). The Morgan fingerprint density at radius 3 is 2.92 bits per heavy atom. The van der Waals surface area contributed by atoms with Gasteiger partial charge in [0.05, 0.1) is 0 Å². The zero-order valence-electron chi connectivity index (χ0n) is 7.48. The molecule has 12 heavy (non-hydrogen) atoms. The number of nitrogens with one attached hydrogen (secondary N) is 1. The molecule has 1 unspecified atom stereocenters. The zero-order valence-corrected chi connectivity index (χ0v) is 8.30. The van der Waals surface area contributed by atoms with Crippen LogP contribution in [-0.2, 0) is 7.05 Å². The molecule has 0 aliphatic carbocycles. The highest BCUT2D eigenvalue weighted by molar-refractivity contribution is 7.99. The highest BCUT2D eigenvalue weighted by atomic mass is 32.2. The molecule has 6 heteroatoms. The van der Waals surface area contributed by atoms with Crippen molar-refractivity contribution in [1.29, 1.82) is 0 Å². The van der Waals surface area contributed by atoms with Crippen LogP contribution in [0.25, 0.3) is 0 Å². The van der Waals surface area contributed by atoms with E-state index in [9.17, 15) is 0 Å². The topological polar surface area (TPSA) is 55.6 Å². The molecule has 68 valence electrons. The van der Waals surface area contributed by atoms with Crippen molar-refractivity contribution in [1.82, 2.24) is 25.5 Å². The van der Waals surface area contributed by atoms with E-state index in [1.54, 1.807) is 16.4 Å². The number of hydrogen-bond acceptors (Lipinski definition) is 5. The van der Waals surface area contributed by atoms with Gasteiger partial charge in [0.15, 0.2) is 0 Å². The Kier molecular flexibility index (Phi) is 3.48. The quantitative estimate of drug-likeness (QED) is 0.668. The summed E-state index contributed by atoms with van der Waals surface area (Å²) in [5, 5.41) is 15.1. The maximum atomic E-state index is 3.86. The minimum atomic E-state index is 0.478. The van der Waals surface area contributed by atoms with Crippen LogP contribution in [0, 0.1) is 0 Å². The second kappa shape index (κ2) is 4.42. The molecule has 0 saturated carbocycles. The average Bonchev–Trinajstić information content (AvgIpc) is 2.47. The van der Waals surface area contributed by atoms with Gasteiger partial charge in [-0.2, -0.15) is 0 Å². The van der Waals surface area contributed by atoms with Gasteiger partial charge >= 0.3 is 0 Å². The van der Waals surface area contributed by atoms with Gasteiger partial charge in [0, 0.05) is 18.8 Å². The van der Waals surface area contributed by atoms with E-state index in [1.165, 1.54) is 0 Å². The van der Waals surface area contributed by atoms with Crippen LogP contribution < -0.4 is 5.32 Å². The molecular weight excluding hydrogens is 174 g/mol. The van der Waals surface area contributed by atoms with E-state index in [-0.39, 0.29) is 0 Å². The minimum Gasteiger partial charge on any atom is -0.316 e. The number of aromatic nitrogens is 4. The summed E-state index contributed by atoms with van der Waals surface area (Å²) in [6.45, 7) is 2.12. The Bertz CT molecular complexity index is 236. The third-order valence-corrected chi connectivity index (χ3v) is 2.81. The SMILES string of the molecule is CNC(C)CSc1nnnn1C. The summed E-state index contributed by atoms with van der Waals surface area (Å²) in [6, 6.07) is 0.478. The van der Waals surface area contributed by atoms with Crippen molar-refractivity contribution < 1.29 is 0 Å². The smallest absolute Gasteiger partial charge is 0.209 e. The predicted molar refractivity (Wildman–Crippen MR) is 48.0 cm³/mol. The summed E-state index contributed by atoms with van der Waals surface area (Å²) in [4.78, 5) is 0. The van der Waals surface area contributed by atoms with Crippen molar-refractivity contribution in [3.05, 3.63) is 0 Å². The fraction of sp³-hybridized carbons (Fsp3) is 0.833. The van der Waals surface area contributed by atoms with Crippen molar-refractivity contribution in [2.45, 2.75) is 18.1 Å². The average molecular weight is 187 g/mol. The molecule has 0 spiro atoms. The van der Waals surface area contributed by atoms with E-state index >= 15 is 0 Å². The molecule has 1 aromatic heterocycles. The lowest BCUT2D eigenvalue weighted by molar-refractivity contribution is 0.656. The van der Waals surface area contributed by atoms with Crippen LogP contribution in [0.1, 0.15) is 6.92 Å². The predicted octanol–water partition coefficient (Wildman–Crippen LogP) is -0.0899. The Labute approximate surface area is 75.9 Å². The lowest BCUT2D eigenvalue weighted by Crippen LogP contribution is -2.23. The molecule has 0 saturated heterocycles. The largest absolute Gasteiger partial charge is 0.316 e. The van der Waals surface area contributed by atoms with Gasteiger partial charge in [-0.25, -0.2) is 4.68 Å². The normalized spacial score (nSPS) is 13.2. The van der Waals surface area contributed by atoms with Crippen LogP contribution >= 0.6 is 11.8 Å². The van der Waals surface area contributed by atoms with Gasteiger partial charge in [0.25, 0.3) is 0 Å². The Morgan fingerprint density at radius 1 is 1.67 bits per heavy atom. The van der Waals surface area contributed by atoms with Gasteiger partial charge in [-0.1, -0.05) is 11.8 Å². The molecule has 0 aliphatic heterocycles. The summed E-state index contributed by atoms with van der Waals surface area (Å²) in [7, 11) is 3.78. The molecule has 1 atom stereocenters. The van der Waals surface area contributed by atoms with Gasteiger partial charge in [0.1, 0.15) is 0 Å². The van der Waals surface area contributed by atoms with Crippen molar-refractivity contribution in [2.24, 2.45) is 7.05 Å². The molecule has 0 radical (unpaired) electrons. The minimum absolute atomic E-state index is 0.478. The molecule has 1 N–H and O–H groups in total. The summed E-state index contributed by atoms with van der Waals surface area (Å²) in [6.07, 6.45) is 0. The Morgan fingerprint density at radius 2 is 2.42 bits per heavy atom. The van der Waals surface area contributed by atoms with E-state index in [1.807, 2.05) is 14.1 Å². The summed E-state index contributed by atoms with van der Waals surface area (Å²) >= 11 is 1.65. The summed E-state index contributed by atoms with van der Waals surface area (Å²) < 4.78 is 1.67. The van der Waals surface area contributed by atoms with Crippen molar-refractivity contribution in [3.8, 4) is 0 Å². The van der Waals surface area contributed by atoms with E-state index in [4.69, 9.17) is 0 Å². The monoisotopic (exact) mass is 187 g/mol. The van der Waals surface area contributed by atoms with Crippen molar-refractivity contribution in [3.63, 3.8) is 0 Å². The van der Waals surface area contributed by atoms with Gasteiger partial charge in [-0.05, 0) is 24.4 Å². The first-order valence-electron chi connectivity index (χ1n) is 3.76. The maximum Gasteiger partial charge on any atom is 0.209 e. The number of hydrogen-bond donors (Lipinski definition) is 1. The van der Waals surface area contributed by atoms with Gasteiger partial charge in [-0.15, -0.1) is 5.10 Å². The second-order valence-corrected chi connectivity index (χ2v) is 3.57. The van der Waals surface area contributed by atoms with Crippen LogP contribution in [0.15, 0.2) is 5.16 Å². The van der Waals surface area contributed by atoms with Crippen LogP contribution in [0.5, 0.6) is 0 Å². The Hall–Kier alpha value is -0.620. The first kappa shape index (κ1) is 9.47. The first-order valence-corrected chi connectivity index (χ1v) is 4.75. The zero-order chi connectivity index (χ0) is 8.97. The van der Waals surface area contributed by atoms with Crippen molar-refractivity contribution >= 4 is 11.8 Å². The molecule has 5 nitrogen and oxygen atoms in total. The van der Waals surface area contributed by atoms with E-state index in [0.29, 0.717) is 6.04 Å². The molecule has 0 fully saturated rings. The fourth-order valence-corrected chi connectivity index (χ4v) is 1.51. The third kappa shape index (κ3) is 2.46. The summed E-state index contributed by atoms with van der Waals surface area (Å²) in [5.74, 6) is 0.977. The number of tetrazole rings is 1. The van der Waals surface area contributed by atoms with Crippen LogP contribution in [0.4, 0.5) is 0 Å². The molecule has 1 heterocycles. The standard InChI is InChI=1S/C6H13N5S/c1-5(7-2)4-12-6-8-9-10-11(6)3/h5,7H,4H2,1-3H3. The third-order valence-electron chi connectivity index (χ3n) is 1.54. The van der Waals surface area contributed by atoms with E-state index in [0.717, 1.165) is 10.9 Å². The molecule has 0 amide bonds. The highest BCUT2D eigenvalue weighted by Gasteiger charge is 2.04. The van der Waals surface area contributed by atoms with Crippen LogP contribution in [0.3, 0.4) is 0 Å². The van der Waals surface area contributed by atoms with Crippen LogP contribution in [0.2, 0.25) is 0 Å². The lowest BCUT2D eigenvalue weighted by Gasteiger charge is -2.07. The molecule has 0 bridgehead atoms. The second-order valence-electron chi connectivity index (χ2n) is 2.59. The molecule has 0 aromatic carbocycles. The molecule has 1 aromatic rings. The van der Waals surface area contributed by atoms with Gasteiger partial charge < -0.3 is 5.32 Å². The summed E-state index contributed by atoms with van der Waals surface area (Å²) in [5.41, 5.74) is 0. The fourth-order valence-electron chi connectivity index (χ4n) is 0.626.